The third kappa shape index (κ3) is 4.04. The van der Waals surface area contributed by atoms with Gasteiger partial charge in [0.15, 0.2) is 22.6 Å². The third-order valence-electron chi connectivity index (χ3n) is 6.43. The molecule has 12 nitrogen and oxygen atoms in total. The number of benzene rings is 2. The van der Waals surface area contributed by atoms with Crippen LogP contribution in [0.25, 0.3) is 22.3 Å². The topological polar surface area (TPSA) is 204 Å². The average Bonchev–Trinajstić information content (AvgIpc) is 2.83. The highest BCUT2D eigenvalue weighted by Crippen LogP contribution is 2.42. The highest BCUT2D eigenvalue weighted by Gasteiger charge is 2.71. The van der Waals surface area contributed by atoms with Crippen LogP contribution >= 0.6 is 0 Å². The van der Waals surface area contributed by atoms with E-state index in [2.05, 4.69) is 0 Å². The zero-order valence-corrected chi connectivity index (χ0v) is 19.6. The van der Waals surface area contributed by atoms with E-state index >= 15 is 0 Å². The maximum Gasteiger partial charge on any atom is 0.240 e. The Labute approximate surface area is 208 Å². The number of carbonyl (C=O) groups excluding carboxylic acids is 2. The van der Waals surface area contributed by atoms with E-state index in [1.54, 1.807) is 0 Å². The smallest absolute Gasteiger partial charge is 0.240 e. The normalized spacial score (nSPS) is 27.7. The van der Waals surface area contributed by atoms with E-state index in [1.807, 2.05) is 0 Å². The number of Topliss-reactive ketones (excluding diaryl/α,β-unsaturated/α-hetero) is 2. The van der Waals surface area contributed by atoms with Crippen molar-refractivity contribution in [3.63, 3.8) is 0 Å². The molecule has 6 N–H and O–H groups in total. The first-order valence-electron chi connectivity index (χ1n) is 11.0. The Morgan fingerprint density at radius 2 is 1.62 bits per heavy atom. The second-order valence-corrected chi connectivity index (χ2v) is 8.73. The standard InChI is InChI=1S/C25H24O12/c1-11(27)24(33)22(32)20(10-26)37-23(25(24,34)12(2)28)35-15-7-16(30)21-17(31)9-18(36-19(21)8-15)13-3-5-14(29)6-4-13/h3-9,20,22-23,26,29-30,32-34H,10H2,1-2H3/t20-,22-,23?,24+,25+/m1/s1. The van der Waals surface area contributed by atoms with Gasteiger partial charge < -0.3 is 44.5 Å². The van der Waals surface area contributed by atoms with E-state index in [0.717, 1.165) is 32.0 Å². The molecule has 5 atom stereocenters. The van der Waals surface area contributed by atoms with E-state index in [4.69, 9.17) is 13.9 Å². The second kappa shape index (κ2) is 9.25. The molecule has 0 aliphatic carbocycles. The number of ether oxygens (including phenoxy) is 2. The molecular weight excluding hydrogens is 492 g/mol. The first kappa shape index (κ1) is 26.3. The van der Waals surface area contributed by atoms with Crippen LogP contribution in [0.4, 0.5) is 0 Å². The van der Waals surface area contributed by atoms with Crippen LogP contribution in [-0.4, -0.2) is 78.5 Å². The van der Waals surface area contributed by atoms with E-state index in [-0.39, 0.29) is 28.2 Å². The minimum atomic E-state index is -3.14. The van der Waals surface area contributed by atoms with Crippen LogP contribution in [0.2, 0.25) is 0 Å². The summed E-state index contributed by atoms with van der Waals surface area (Å²) in [4.78, 5) is 37.5. The molecule has 1 saturated heterocycles. The number of hydrogen-bond acceptors (Lipinski definition) is 12. The molecule has 0 saturated carbocycles. The van der Waals surface area contributed by atoms with Crippen LogP contribution in [0, 0.1) is 0 Å². The maximum atomic E-state index is 12.7. The summed E-state index contributed by atoms with van der Waals surface area (Å²) in [5.74, 6) is -3.24. The monoisotopic (exact) mass is 516 g/mol. The summed E-state index contributed by atoms with van der Waals surface area (Å²) in [6.07, 6.45) is -5.99. The number of fused-ring (bicyclic) bond motifs is 1. The summed E-state index contributed by atoms with van der Waals surface area (Å²) in [6.45, 7) is 0.744. The highest BCUT2D eigenvalue weighted by atomic mass is 16.7. The molecule has 0 spiro atoms. The molecule has 1 fully saturated rings. The van der Waals surface area contributed by atoms with Gasteiger partial charge in [0.05, 0.1) is 6.61 Å². The SMILES string of the molecule is CC(=O)[C@]1(O)C(Oc2cc(O)c3c(=O)cc(-c4ccc(O)cc4)oc3c2)O[C@H](CO)[C@@H](O)[C@@]1(O)C(C)=O. The van der Waals surface area contributed by atoms with E-state index in [1.165, 1.54) is 24.3 Å². The fraction of sp³-hybridized carbons (Fsp3) is 0.320. The minimum absolute atomic E-state index is 0.0116. The third-order valence-corrected chi connectivity index (χ3v) is 6.43. The lowest BCUT2D eigenvalue weighted by Gasteiger charge is -2.52. The molecule has 3 aromatic rings. The predicted molar refractivity (Wildman–Crippen MR) is 125 cm³/mol. The molecule has 1 aliphatic rings. The summed E-state index contributed by atoms with van der Waals surface area (Å²) in [7, 11) is 0. The molecule has 37 heavy (non-hydrogen) atoms. The molecule has 2 aromatic carbocycles. The molecule has 1 aliphatic heterocycles. The number of ketones is 2. The fourth-order valence-electron chi connectivity index (χ4n) is 4.38. The van der Waals surface area contributed by atoms with E-state index < -0.39 is 59.1 Å². The number of rotatable bonds is 6. The summed E-state index contributed by atoms with van der Waals surface area (Å²) in [5.41, 5.74) is -6.61. The van der Waals surface area contributed by atoms with Gasteiger partial charge >= 0.3 is 0 Å². The molecule has 0 amide bonds. The Bertz CT molecular complexity index is 1430. The Morgan fingerprint density at radius 3 is 2.19 bits per heavy atom. The van der Waals surface area contributed by atoms with Crippen molar-refractivity contribution in [2.75, 3.05) is 6.61 Å². The Hall–Kier alpha value is -3.81. The largest absolute Gasteiger partial charge is 0.508 e. The quantitative estimate of drug-likeness (QED) is 0.256. The van der Waals surface area contributed by atoms with Crippen molar-refractivity contribution in [1.82, 2.24) is 0 Å². The molecule has 196 valence electrons. The minimum Gasteiger partial charge on any atom is -0.508 e. The van der Waals surface area contributed by atoms with Gasteiger partial charge in [-0.1, -0.05) is 0 Å². The van der Waals surface area contributed by atoms with Gasteiger partial charge in [0, 0.05) is 23.8 Å². The molecular formula is C25H24O12. The van der Waals surface area contributed by atoms with Gasteiger partial charge in [0.1, 0.15) is 46.2 Å². The van der Waals surface area contributed by atoms with Crippen molar-refractivity contribution in [3.8, 4) is 28.6 Å². The van der Waals surface area contributed by atoms with Gasteiger partial charge in [-0.25, -0.2) is 0 Å². The van der Waals surface area contributed by atoms with Crippen LogP contribution in [0.3, 0.4) is 0 Å². The van der Waals surface area contributed by atoms with Gasteiger partial charge in [0.2, 0.25) is 11.9 Å². The maximum absolute atomic E-state index is 12.7. The molecule has 4 rings (SSSR count). The molecule has 0 bridgehead atoms. The van der Waals surface area contributed by atoms with Crippen molar-refractivity contribution >= 4 is 22.5 Å². The number of aliphatic hydroxyl groups is 4. The molecule has 0 radical (unpaired) electrons. The first-order valence-corrected chi connectivity index (χ1v) is 11.0. The predicted octanol–water partition coefficient (Wildman–Crippen LogP) is -0.0317. The lowest BCUT2D eigenvalue weighted by atomic mass is 9.69. The van der Waals surface area contributed by atoms with Crippen LogP contribution < -0.4 is 10.2 Å². The van der Waals surface area contributed by atoms with Gasteiger partial charge in [-0.15, -0.1) is 0 Å². The van der Waals surface area contributed by atoms with Gasteiger partial charge in [-0.2, -0.15) is 0 Å². The number of phenolic OH excluding ortho intramolecular Hbond substituents is 2. The molecule has 2 heterocycles. The van der Waals surface area contributed by atoms with Crippen LogP contribution in [0.1, 0.15) is 13.8 Å². The number of phenols is 2. The van der Waals surface area contributed by atoms with Crippen molar-refractivity contribution < 1.29 is 54.1 Å². The van der Waals surface area contributed by atoms with E-state index in [0.29, 0.717) is 5.56 Å². The van der Waals surface area contributed by atoms with Crippen molar-refractivity contribution in [2.24, 2.45) is 0 Å². The zero-order chi connectivity index (χ0) is 27.3. The van der Waals surface area contributed by atoms with Gasteiger partial charge in [0.25, 0.3) is 0 Å². The average molecular weight is 516 g/mol. The number of aromatic hydroxyl groups is 2. The lowest BCUT2D eigenvalue weighted by Crippen LogP contribution is -2.80. The van der Waals surface area contributed by atoms with Gasteiger partial charge in [-0.05, 0) is 38.1 Å². The van der Waals surface area contributed by atoms with Crippen LogP contribution in [0.15, 0.2) is 51.7 Å². The summed E-state index contributed by atoms with van der Waals surface area (Å²) in [6, 6.07) is 8.96. The summed E-state index contributed by atoms with van der Waals surface area (Å²) < 4.78 is 16.7. The lowest BCUT2D eigenvalue weighted by molar-refractivity contribution is -0.332. The van der Waals surface area contributed by atoms with Crippen LogP contribution in [-0.2, 0) is 14.3 Å². The highest BCUT2D eigenvalue weighted by molar-refractivity contribution is 5.98. The van der Waals surface area contributed by atoms with Crippen molar-refractivity contribution in [2.45, 2.75) is 43.5 Å². The van der Waals surface area contributed by atoms with Crippen molar-refractivity contribution in [3.05, 3.63) is 52.7 Å². The fourth-order valence-corrected chi connectivity index (χ4v) is 4.38. The number of carbonyl (C=O) groups is 2. The molecule has 12 heteroatoms. The zero-order valence-electron chi connectivity index (χ0n) is 19.6. The summed E-state index contributed by atoms with van der Waals surface area (Å²) in [5, 5.41) is 62.1. The molecule has 1 aromatic heterocycles. The Balaban J connectivity index is 1.83. The Kier molecular flexibility index (Phi) is 6.56. The second-order valence-electron chi connectivity index (χ2n) is 8.73. The molecule has 1 unspecified atom stereocenters. The van der Waals surface area contributed by atoms with Crippen molar-refractivity contribution in [1.29, 1.82) is 0 Å². The number of aliphatic hydroxyl groups excluding tert-OH is 2. The van der Waals surface area contributed by atoms with E-state index in [9.17, 15) is 45.0 Å². The Morgan fingerprint density at radius 1 is 1.00 bits per heavy atom. The summed E-state index contributed by atoms with van der Waals surface area (Å²) >= 11 is 0. The first-order chi connectivity index (χ1) is 17.3. The number of hydrogen-bond donors (Lipinski definition) is 6. The van der Waals surface area contributed by atoms with Crippen LogP contribution in [0.5, 0.6) is 17.2 Å². The van der Waals surface area contributed by atoms with Gasteiger partial charge in [-0.3, -0.25) is 14.4 Å².